The standard InChI is InChI=1S/C18H22N2O2SSe/c1-5-11-20(17(21)22-18(2,3)4)14-12-23-16(15(14)19)24-13-9-7-6-8-10-13/h5-10,12H,1,11,19H2,2-4H3. The number of nitrogens with zero attached hydrogens (tertiary/aromatic N) is 1. The number of rotatable bonds is 5. The van der Waals surface area contributed by atoms with Gasteiger partial charge in [0.1, 0.15) is 0 Å². The number of nitrogen functional groups attached to an aromatic ring is 1. The minimum atomic E-state index is -0.557. The van der Waals surface area contributed by atoms with E-state index in [2.05, 4.69) is 18.7 Å². The minimum absolute atomic E-state index is 0.113. The molecule has 6 heteroatoms. The van der Waals surface area contributed by atoms with E-state index in [-0.39, 0.29) is 15.0 Å². The zero-order valence-corrected chi connectivity index (χ0v) is 16.6. The van der Waals surface area contributed by atoms with E-state index in [9.17, 15) is 4.79 Å². The third-order valence-corrected chi connectivity index (χ3v) is 6.67. The molecule has 0 aliphatic heterocycles. The van der Waals surface area contributed by atoms with E-state index in [4.69, 9.17) is 10.5 Å². The van der Waals surface area contributed by atoms with E-state index in [1.165, 1.54) is 9.36 Å². The topological polar surface area (TPSA) is 55.6 Å². The molecule has 4 nitrogen and oxygen atoms in total. The van der Waals surface area contributed by atoms with Gasteiger partial charge in [0.05, 0.1) is 0 Å². The normalized spacial score (nSPS) is 11.1. The molecular weight excluding hydrogens is 387 g/mol. The molecule has 0 aliphatic rings. The van der Waals surface area contributed by atoms with E-state index < -0.39 is 11.7 Å². The maximum atomic E-state index is 12.5. The second-order valence-corrected chi connectivity index (χ2v) is 9.85. The van der Waals surface area contributed by atoms with Crippen LogP contribution in [0.1, 0.15) is 20.8 Å². The molecule has 2 N–H and O–H groups in total. The zero-order valence-electron chi connectivity index (χ0n) is 14.1. The van der Waals surface area contributed by atoms with Gasteiger partial charge >= 0.3 is 153 Å². The van der Waals surface area contributed by atoms with Crippen LogP contribution in [0.15, 0.2) is 48.4 Å². The Morgan fingerprint density at radius 1 is 1.38 bits per heavy atom. The van der Waals surface area contributed by atoms with Crippen molar-refractivity contribution < 1.29 is 9.53 Å². The van der Waals surface area contributed by atoms with Gasteiger partial charge in [-0.2, -0.15) is 0 Å². The van der Waals surface area contributed by atoms with Gasteiger partial charge in [-0.05, 0) is 0 Å². The first-order valence-electron chi connectivity index (χ1n) is 7.53. The number of carbonyl (C=O) groups excluding carboxylic acids is 1. The van der Waals surface area contributed by atoms with Crippen LogP contribution in [0, 0.1) is 0 Å². The van der Waals surface area contributed by atoms with Crippen molar-refractivity contribution in [2.75, 3.05) is 17.2 Å². The van der Waals surface area contributed by atoms with E-state index >= 15 is 0 Å². The van der Waals surface area contributed by atoms with Gasteiger partial charge in [-0.3, -0.25) is 0 Å². The quantitative estimate of drug-likeness (QED) is 0.610. The summed E-state index contributed by atoms with van der Waals surface area (Å²) in [6.45, 7) is 9.62. The Kier molecular flexibility index (Phi) is 6.10. The van der Waals surface area contributed by atoms with Gasteiger partial charge < -0.3 is 0 Å². The van der Waals surface area contributed by atoms with Crippen molar-refractivity contribution in [3.63, 3.8) is 0 Å². The van der Waals surface area contributed by atoms with Crippen LogP contribution in [-0.4, -0.2) is 33.2 Å². The summed E-state index contributed by atoms with van der Waals surface area (Å²) in [5.74, 6) is 0. The molecule has 0 radical (unpaired) electrons. The van der Waals surface area contributed by atoms with Crippen LogP contribution < -0.4 is 18.9 Å². The second kappa shape index (κ2) is 7.88. The monoisotopic (exact) mass is 410 g/mol. The summed E-state index contributed by atoms with van der Waals surface area (Å²) in [5, 5.41) is 1.92. The number of hydrogen-bond acceptors (Lipinski definition) is 4. The molecule has 1 amide bonds. The number of carbonyl (C=O) groups is 1. The molecule has 1 heterocycles. The Morgan fingerprint density at radius 2 is 2.04 bits per heavy atom. The summed E-state index contributed by atoms with van der Waals surface area (Å²) in [5.41, 5.74) is 7.11. The molecular formula is C18H22N2O2SSe. The average Bonchev–Trinajstić information content (AvgIpc) is 2.85. The van der Waals surface area contributed by atoms with Crippen LogP contribution in [0.5, 0.6) is 0 Å². The van der Waals surface area contributed by atoms with Crippen LogP contribution >= 0.6 is 11.3 Å². The van der Waals surface area contributed by atoms with Gasteiger partial charge in [-0.1, -0.05) is 0 Å². The van der Waals surface area contributed by atoms with Crippen molar-refractivity contribution in [3.8, 4) is 0 Å². The van der Waals surface area contributed by atoms with E-state index in [1.54, 1.807) is 17.4 Å². The van der Waals surface area contributed by atoms with Gasteiger partial charge in [0.25, 0.3) is 0 Å². The second-order valence-electron chi connectivity index (χ2n) is 6.12. The van der Waals surface area contributed by atoms with Crippen LogP contribution in [0.4, 0.5) is 16.2 Å². The summed E-state index contributed by atoms with van der Waals surface area (Å²) in [7, 11) is 0. The number of nitrogens with two attached hydrogens (primary N) is 1. The average molecular weight is 409 g/mol. The molecule has 1 aromatic carbocycles. The molecule has 2 aromatic rings. The molecule has 0 saturated heterocycles. The number of ether oxygens (including phenoxy) is 1. The molecule has 128 valence electrons. The predicted octanol–water partition coefficient (Wildman–Crippen LogP) is 2.91. The molecule has 24 heavy (non-hydrogen) atoms. The maximum absolute atomic E-state index is 12.5. The van der Waals surface area contributed by atoms with Crippen LogP contribution in [0.3, 0.4) is 0 Å². The van der Waals surface area contributed by atoms with Gasteiger partial charge in [-0.15, -0.1) is 0 Å². The number of hydrogen-bond donors (Lipinski definition) is 1. The first kappa shape index (κ1) is 18.6. The van der Waals surface area contributed by atoms with Crippen molar-refractivity contribution in [3.05, 3.63) is 48.4 Å². The third kappa shape index (κ3) is 4.87. The first-order valence-corrected chi connectivity index (χ1v) is 10.1. The fourth-order valence-electron chi connectivity index (χ4n) is 1.94. The number of thiophene rings is 1. The molecule has 1 aromatic heterocycles. The summed E-state index contributed by atoms with van der Waals surface area (Å²) >= 11 is 1.69. The Morgan fingerprint density at radius 3 is 2.62 bits per heavy atom. The fraction of sp³-hybridized carbons (Fsp3) is 0.278. The van der Waals surface area contributed by atoms with E-state index in [1.807, 2.05) is 44.4 Å². The Labute approximate surface area is 153 Å². The van der Waals surface area contributed by atoms with Crippen LogP contribution in [-0.2, 0) is 4.74 Å². The Balaban J connectivity index is 2.25. The molecule has 0 fully saturated rings. The molecule has 0 spiro atoms. The first-order chi connectivity index (χ1) is 11.3. The SMILES string of the molecule is C=CCN(C(=O)OC(C)(C)C)c1csc([Se]c2ccccc2)c1N. The van der Waals surface area contributed by atoms with E-state index in [0.29, 0.717) is 17.9 Å². The summed E-state index contributed by atoms with van der Waals surface area (Å²) in [6.07, 6.45) is 1.26. The van der Waals surface area contributed by atoms with Gasteiger partial charge in [0.15, 0.2) is 0 Å². The van der Waals surface area contributed by atoms with Crippen molar-refractivity contribution in [2.45, 2.75) is 26.4 Å². The number of anilines is 2. The fourth-order valence-corrected chi connectivity index (χ4v) is 5.31. The van der Waals surface area contributed by atoms with Gasteiger partial charge in [0.2, 0.25) is 0 Å². The Bertz CT molecular complexity index is 708. The predicted molar refractivity (Wildman–Crippen MR) is 104 cm³/mol. The van der Waals surface area contributed by atoms with E-state index in [0.717, 1.165) is 3.78 Å². The number of benzene rings is 1. The third-order valence-electron chi connectivity index (χ3n) is 2.94. The molecule has 2 rings (SSSR count). The van der Waals surface area contributed by atoms with Crippen molar-refractivity contribution in [2.24, 2.45) is 0 Å². The summed E-state index contributed by atoms with van der Waals surface area (Å²) in [4.78, 5) is 14.0. The Hall–Kier alpha value is -1.75. The molecule has 0 atom stereocenters. The molecule has 0 saturated carbocycles. The summed E-state index contributed by atoms with van der Waals surface area (Å²) < 4.78 is 7.83. The van der Waals surface area contributed by atoms with Crippen LogP contribution in [0.2, 0.25) is 0 Å². The van der Waals surface area contributed by atoms with Crippen molar-refractivity contribution >= 4 is 52.0 Å². The zero-order chi connectivity index (χ0) is 17.7. The number of amides is 1. The van der Waals surface area contributed by atoms with Crippen molar-refractivity contribution in [1.29, 1.82) is 0 Å². The van der Waals surface area contributed by atoms with Gasteiger partial charge in [-0.25, -0.2) is 0 Å². The molecule has 0 aliphatic carbocycles. The van der Waals surface area contributed by atoms with Gasteiger partial charge in [0, 0.05) is 0 Å². The van der Waals surface area contributed by atoms with Crippen molar-refractivity contribution in [1.82, 2.24) is 0 Å². The van der Waals surface area contributed by atoms with Crippen LogP contribution in [0.25, 0.3) is 0 Å². The molecule has 0 bridgehead atoms. The summed E-state index contributed by atoms with van der Waals surface area (Å²) in [6, 6.07) is 10.2. The molecule has 0 unspecified atom stereocenters.